The summed E-state index contributed by atoms with van der Waals surface area (Å²) in [7, 11) is 0. The summed E-state index contributed by atoms with van der Waals surface area (Å²) in [6.45, 7) is 4.17. The fourth-order valence-corrected chi connectivity index (χ4v) is 3.22. The van der Waals surface area contributed by atoms with Gasteiger partial charge in [-0.1, -0.05) is 26.2 Å². The average Bonchev–Trinajstić information content (AvgIpc) is 2.95. The first-order valence-corrected chi connectivity index (χ1v) is 8.26. The van der Waals surface area contributed by atoms with Crippen molar-refractivity contribution in [3.05, 3.63) is 6.20 Å². The van der Waals surface area contributed by atoms with Crippen LogP contribution in [0, 0.1) is 11.8 Å². The van der Waals surface area contributed by atoms with Gasteiger partial charge in [0.15, 0.2) is 0 Å². The van der Waals surface area contributed by atoms with Gasteiger partial charge in [-0.3, -0.25) is 0 Å². The zero-order valence-corrected chi connectivity index (χ0v) is 12.9. The molecule has 0 aliphatic heterocycles. The second-order valence-electron chi connectivity index (χ2n) is 5.84. The van der Waals surface area contributed by atoms with Crippen LogP contribution in [0.5, 0.6) is 5.88 Å². The predicted molar refractivity (Wildman–Crippen MR) is 80.0 cm³/mol. The maximum absolute atomic E-state index is 9.79. The lowest BCUT2D eigenvalue weighted by atomic mass is 9.81. The summed E-state index contributed by atoms with van der Waals surface area (Å²) in [5, 5.41) is 13.1. The highest BCUT2D eigenvalue weighted by Crippen LogP contribution is 2.30. The fraction of sp³-hybridized carbons (Fsp3) is 0.857. The van der Waals surface area contributed by atoms with Crippen molar-refractivity contribution in [2.24, 2.45) is 11.8 Å². The summed E-state index contributed by atoms with van der Waals surface area (Å²) in [5.74, 6) is 2.24. The third-order valence-corrected chi connectivity index (χ3v) is 4.38. The first-order valence-electron chi connectivity index (χ1n) is 7.53. The Balaban J connectivity index is 1.49. The zero-order chi connectivity index (χ0) is 14.2. The molecule has 1 heterocycles. The van der Waals surface area contributed by atoms with E-state index in [1.807, 2.05) is 0 Å². The summed E-state index contributed by atoms with van der Waals surface area (Å²) >= 11 is 1.11. The molecule has 1 aliphatic carbocycles. The molecule has 20 heavy (non-hydrogen) atoms. The van der Waals surface area contributed by atoms with Crippen molar-refractivity contribution < 1.29 is 9.84 Å². The zero-order valence-electron chi connectivity index (χ0n) is 12.1. The van der Waals surface area contributed by atoms with E-state index in [-0.39, 0.29) is 6.61 Å². The third kappa shape index (κ3) is 5.73. The topological polar surface area (TPSA) is 67.3 Å². The number of aromatic nitrogens is 2. The van der Waals surface area contributed by atoms with E-state index in [2.05, 4.69) is 21.0 Å². The number of hydrogen-bond donors (Lipinski definition) is 2. The predicted octanol–water partition coefficient (Wildman–Crippen LogP) is 2.08. The van der Waals surface area contributed by atoms with Crippen LogP contribution in [0.3, 0.4) is 0 Å². The molecule has 0 amide bonds. The highest BCUT2D eigenvalue weighted by atomic mass is 32.1. The van der Waals surface area contributed by atoms with Crippen molar-refractivity contribution >= 4 is 11.7 Å². The molecule has 0 spiro atoms. The number of aliphatic hydroxyl groups is 1. The standard InChI is InChI=1S/C14H25N3O2S/c1-11-3-2-4-12(7-11)5-6-15-8-13(18)10-19-14-9-16-20-17-14/h9,11-13,15,18H,2-8,10H2,1H3. The van der Waals surface area contributed by atoms with E-state index in [4.69, 9.17) is 4.74 Å². The molecule has 6 heteroatoms. The smallest absolute Gasteiger partial charge is 0.245 e. The van der Waals surface area contributed by atoms with Gasteiger partial charge in [-0.15, -0.1) is 4.37 Å². The van der Waals surface area contributed by atoms with Crippen molar-refractivity contribution in [2.45, 2.75) is 45.1 Å². The van der Waals surface area contributed by atoms with Gasteiger partial charge < -0.3 is 15.2 Å². The summed E-state index contributed by atoms with van der Waals surface area (Å²) in [6, 6.07) is 0. The Morgan fingerprint density at radius 2 is 2.45 bits per heavy atom. The van der Waals surface area contributed by atoms with Crippen LogP contribution in [0.25, 0.3) is 0 Å². The van der Waals surface area contributed by atoms with Crippen molar-refractivity contribution in [3.63, 3.8) is 0 Å². The third-order valence-electron chi connectivity index (χ3n) is 3.92. The maximum atomic E-state index is 9.79. The van der Waals surface area contributed by atoms with Gasteiger partial charge in [-0.2, -0.15) is 4.37 Å². The molecule has 3 atom stereocenters. The highest BCUT2D eigenvalue weighted by Gasteiger charge is 2.18. The van der Waals surface area contributed by atoms with Crippen molar-refractivity contribution in [1.29, 1.82) is 0 Å². The van der Waals surface area contributed by atoms with Crippen LogP contribution < -0.4 is 10.1 Å². The van der Waals surface area contributed by atoms with Crippen molar-refractivity contribution in [2.75, 3.05) is 19.7 Å². The summed E-state index contributed by atoms with van der Waals surface area (Å²) in [5.41, 5.74) is 0. The van der Waals surface area contributed by atoms with Crippen LogP contribution in [0.2, 0.25) is 0 Å². The molecule has 0 saturated heterocycles. The number of rotatable bonds is 8. The Hall–Kier alpha value is -0.720. The maximum Gasteiger partial charge on any atom is 0.245 e. The van der Waals surface area contributed by atoms with Crippen LogP contribution in [-0.4, -0.2) is 39.7 Å². The monoisotopic (exact) mass is 299 g/mol. The van der Waals surface area contributed by atoms with Crippen LogP contribution in [0.4, 0.5) is 0 Å². The Kier molecular flexibility index (Phi) is 6.69. The van der Waals surface area contributed by atoms with E-state index >= 15 is 0 Å². The largest absolute Gasteiger partial charge is 0.473 e. The first kappa shape index (κ1) is 15.7. The van der Waals surface area contributed by atoms with Gasteiger partial charge in [0.2, 0.25) is 5.88 Å². The lowest BCUT2D eigenvalue weighted by Crippen LogP contribution is -2.33. The second-order valence-corrected chi connectivity index (χ2v) is 6.40. The molecule has 1 aromatic heterocycles. The quantitative estimate of drug-likeness (QED) is 0.719. The number of nitrogens with zero attached hydrogens (tertiary/aromatic N) is 2. The van der Waals surface area contributed by atoms with E-state index in [0.29, 0.717) is 12.4 Å². The minimum Gasteiger partial charge on any atom is -0.473 e. The van der Waals surface area contributed by atoms with Gasteiger partial charge in [-0.25, -0.2) is 0 Å². The summed E-state index contributed by atoms with van der Waals surface area (Å²) < 4.78 is 13.1. The summed E-state index contributed by atoms with van der Waals surface area (Å²) in [6.07, 6.45) is 7.79. The van der Waals surface area contributed by atoms with Crippen LogP contribution in [-0.2, 0) is 0 Å². The van der Waals surface area contributed by atoms with Crippen molar-refractivity contribution in [3.8, 4) is 5.88 Å². The highest BCUT2D eigenvalue weighted by molar-refractivity contribution is 6.99. The van der Waals surface area contributed by atoms with Crippen molar-refractivity contribution in [1.82, 2.24) is 14.1 Å². The van der Waals surface area contributed by atoms with Gasteiger partial charge >= 0.3 is 0 Å². The number of ether oxygens (including phenoxy) is 1. The summed E-state index contributed by atoms with van der Waals surface area (Å²) in [4.78, 5) is 0. The van der Waals surface area contributed by atoms with E-state index in [1.54, 1.807) is 6.20 Å². The fourth-order valence-electron chi connectivity index (χ4n) is 2.86. The van der Waals surface area contributed by atoms with Gasteiger partial charge in [0.05, 0.1) is 11.7 Å². The molecule has 2 N–H and O–H groups in total. The minimum absolute atomic E-state index is 0.263. The molecular weight excluding hydrogens is 274 g/mol. The number of hydrogen-bond acceptors (Lipinski definition) is 6. The SMILES string of the molecule is CC1CCCC(CCNCC(O)COc2cnsn2)C1. The molecule has 0 radical (unpaired) electrons. The average molecular weight is 299 g/mol. The van der Waals surface area contributed by atoms with Crippen LogP contribution in [0.15, 0.2) is 6.20 Å². The molecular formula is C14H25N3O2S. The first-order chi connectivity index (χ1) is 9.74. The Morgan fingerprint density at radius 3 is 3.20 bits per heavy atom. The molecule has 1 aromatic rings. The molecule has 5 nitrogen and oxygen atoms in total. The number of nitrogens with one attached hydrogen (secondary N) is 1. The molecule has 0 bridgehead atoms. The molecule has 1 fully saturated rings. The van der Waals surface area contributed by atoms with E-state index in [1.165, 1.54) is 32.1 Å². The molecule has 1 aliphatic rings. The van der Waals surface area contributed by atoms with Crippen LogP contribution >= 0.6 is 11.7 Å². The lowest BCUT2D eigenvalue weighted by molar-refractivity contribution is 0.104. The molecule has 0 aromatic carbocycles. The van der Waals surface area contributed by atoms with E-state index in [9.17, 15) is 5.11 Å². The molecule has 3 unspecified atom stereocenters. The molecule has 2 rings (SSSR count). The Morgan fingerprint density at radius 1 is 1.55 bits per heavy atom. The number of aliphatic hydroxyl groups excluding tert-OH is 1. The van der Waals surface area contributed by atoms with Gasteiger partial charge in [0, 0.05) is 6.54 Å². The van der Waals surface area contributed by atoms with Crippen LogP contribution in [0.1, 0.15) is 39.0 Å². The van der Waals surface area contributed by atoms with Gasteiger partial charge in [0.1, 0.15) is 18.9 Å². The molecule has 114 valence electrons. The van der Waals surface area contributed by atoms with E-state index < -0.39 is 6.10 Å². The minimum atomic E-state index is -0.498. The van der Waals surface area contributed by atoms with Gasteiger partial charge in [-0.05, 0) is 31.2 Å². The van der Waals surface area contributed by atoms with Gasteiger partial charge in [0.25, 0.3) is 0 Å². The Bertz CT molecular complexity index is 361. The normalized spacial score (nSPS) is 24.5. The Labute approximate surface area is 125 Å². The van der Waals surface area contributed by atoms with E-state index in [0.717, 1.165) is 30.1 Å². The second kappa shape index (κ2) is 8.54. The molecule has 1 saturated carbocycles. The lowest BCUT2D eigenvalue weighted by Gasteiger charge is -2.26.